The van der Waals surface area contributed by atoms with Gasteiger partial charge in [0.15, 0.2) is 23.5 Å². The molecule has 0 spiro atoms. The molecule has 7 heterocycles. The number of Topliss-reactive ketones (excluding diaryl/α,β-unsaturated/α-hetero) is 2. The van der Waals surface area contributed by atoms with Crippen molar-refractivity contribution in [3.05, 3.63) is 117 Å². The maximum atomic E-state index is 15.1. The summed E-state index contributed by atoms with van der Waals surface area (Å²) < 4.78 is 21.3. The third kappa shape index (κ3) is 30.7. The van der Waals surface area contributed by atoms with Gasteiger partial charge in [-0.25, -0.2) is 24.2 Å². The van der Waals surface area contributed by atoms with Crippen molar-refractivity contribution in [3.63, 3.8) is 0 Å². The number of benzene rings is 3. The van der Waals surface area contributed by atoms with Gasteiger partial charge in [0, 0.05) is 105 Å². The Morgan fingerprint density at radius 2 is 1.23 bits per heavy atom. The number of ether oxygens (including phenoxy) is 4. The number of nitrogens with one attached hydrogen (secondary N) is 12. The number of esters is 1. The van der Waals surface area contributed by atoms with Crippen molar-refractivity contribution >= 4 is 147 Å². The van der Waals surface area contributed by atoms with Crippen LogP contribution in [0.3, 0.4) is 0 Å². The summed E-state index contributed by atoms with van der Waals surface area (Å²) in [4.78, 5) is 273. The number of anilines is 1. The van der Waals surface area contributed by atoms with Crippen LogP contribution >= 0.6 is 11.8 Å². The van der Waals surface area contributed by atoms with Gasteiger partial charge < -0.3 is 119 Å². The number of imide groups is 1. The Bertz CT molecular complexity index is 5970. The number of nitrogens with two attached hydrogens (primary N) is 3. The number of carbonyl (C=O) groups is 18. The molecule has 10 rings (SSSR count). The third-order valence-corrected chi connectivity index (χ3v) is 28.9. The SMILES string of the molecule is CCC[C@H](NC(=O)[C@@H]1CCCN1C(=O)[C@@H](NC(C)=O)C(C)(C)SC1CC(=O)N(CCCCCC(=O)N[C@H](C(=O)N[C@@H](CCCNC(N)=O)C(=O)Nc2ccc(COC(=O)OC(=O)O[C@]3(CC)C(=O)OCc4c3cc3n(c4=O)Cc4c-3nc3ccc(O)cc3c4CC)cc2)C(C)C)C1=O)C(=O)N1CCC[C@H]1C(=O)N[C@@H](CCCNC(=N)N)C(=O)C[C@H](C(=O)N[C@@H](CCCNC(=N)N)C(=O)C[C@@H](Cc1ccc(O)cc1)C(=O)O)C(C)(C)C. The van der Waals surface area contributed by atoms with Crippen LogP contribution in [0.25, 0.3) is 22.3 Å². The molecule has 12 atom stereocenters. The molecule has 150 heavy (non-hydrogen) atoms. The molecule has 5 aliphatic rings. The van der Waals surface area contributed by atoms with Crippen LogP contribution in [0.2, 0.25) is 0 Å². The molecular weight excluding hydrogens is 1970 g/mol. The normalized spacial score (nSPS) is 17.8. The fraction of sp³-hybridized carbons (Fsp3) is 0.553. The van der Waals surface area contributed by atoms with Crippen LogP contribution in [0.1, 0.15) is 238 Å². The highest BCUT2D eigenvalue weighted by Gasteiger charge is 2.54. The number of aromatic nitrogens is 2. The molecule has 0 saturated carbocycles. The van der Waals surface area contributed by atoms with E-state index < -0.39 is 226 Å². The minimum Gasteiger partial charge on any atom is -0.508 e. The maximum absolute atomic E-state index is 15.1. The average Bonchev–Trinajstić information content (AvgIpc) is 1.54. The Morgan fingerprint density at radius 1 is 0.640 bits per heavy atom. The van der Waals surface area contributed by atoms with E-state index in [-0.39, 0.29) is 182 Å². The highest BCUT2D eigenvalue weighted by Crippen LogP contribution is 2.45. The fourth-order valence-electron chi connectivity index (χ4n) is 19.4. The third-order valence-electron chi connectivity index (χ3n) is 27.4. The smallest absolute Gasteiger partial charge is 0.508 e. The lowest BCUT2D eigenvalue weighted by atomic mass is 9.76. The maximum Gasteiger partial charge on any atom is 0.520 e. The number of hydrogen-bond acceptors (Lipinski definition) is 29. The fourth-order valence-corrected chi connectivity index (χ4v) is 20.9. The second-order valence-electron chi connectivity index (χ2n) is 40.2. The molecule has 5 aliphatic heterocycles. The number of carboxylic acid groups (broad SMARTS) is 1. The number of amides is 13. The number of guanidine groups is 2. The molecule has 21 N–H and O–H groups in total. The van der Waals surface area contributed by atoms with Crippen molar-refractivity contribution in [1.82, 2.24) is 72.1 Å². The molecule has 13 amide bonds. The predicted octanol–water partition coefficient (Wildman–Crippen LogP) is 5.56. The van der Waals surface area contributed by atoms with Crippen LogP contribution in [0, 0.1) is 34.0 Å². The van der Waals surface area contributed by atoms with Gasteiger partial charge in [0.05, 0.1) is 52.3 Å². The number of fused-ring (bicyclic) bond motifs is 5. The number of nitrogens with zero attached hydrogens (tertiary/aromatic N) is 5. The lowest BCUT2D eigenvalue weighted by Gasteiger charge is -2.38. The van der Waals surface area contributed by atoms with Gasteiger partial charge >= 0.3 is 30.3 Å². The topological polar surface area (TPSA) is 696 Å². The number of rotatable bonds is 52. The van der Waals surface area contributed by atoms with E-state index in [9.17, 15) is 102 Å². The van der Waals surface area contributed by atoms with Crippen molar-refractivity contribution in [2.24, 2.45) is 40.4 Å². The van der Waals surface area contributed by atoms with E-state index in [1.165, 1.54) is 82.8 Å². The molecule has 2 aromatic heterocycles. The van der Waals surface area contributed by atoms with Crippen molar-refractivity contribution in [3.8, 4) is 22.9 Å². The van der Waals surface area contributed by atoms with Crippen LogP contribution in [0.4, 0.5) is 20.1 Å². The number of thioether (sulfide) groups is 1. The number of phenolic OH excluding ortho intramolecular Hbond substituents is 2. The van der Waals surface area contributed by atoms with E-state index in [0.717, 1.165) is 27.8 Å². The average molecular weight is 2110 g/mol. The van der Waals surface area contributed by atoms with E-state index in [1.54, 1.807) is 73.6 Å². The number of urea groups is 1. The van der Waals surface area contributed by atoms with Crippen LogP contribution in [-0.2, 0) is 129 Å². The molecule has 814 valence electrons. The summed E-state index contributed by atoms with van der Waals surface area (Å²) in [5.41, 5.74) is 16.7. The molecule has 0 aliphatic carbocycles. The highest BCUT2D eigenvalue weighted by molar-refractivity contribution is 8.02. The first kappa shape index (κ1) is 117. The van der Waals surface area contributed by atoms with Crippen molar-refractivity contribution in [2.75, 3.05) is 44.6 Å². The standard InChI is InChI=1S/C103H140N20O26S/c1-12-23-73(91(137)120-44-21-27-74(120)87(133)116-71(25-19-41-110-97(106)107)78(128)50-68(101(7,8)9)85(131)115-70(24-18-40-109-96(104)105)77(127)47-59(94(140)141)46-57-32-36-61(125)37-33-57)118-88(134)75-28-22-45-121(75)93(139)84(112-56(6)124)102(10,11)150-79-51-81(130)122(92(79)138)43-17-15-16-29-80(129)119-82(55(4)5)89(135)117-72(26-20-42-111-98(108)143)86(132)113-60-34-30-58(31-35-60)53-147-99(144)148-100(145)149-103(14-3)67-49-76-83-65(52-123(76)90(136)66(67)54-146-95(103)142)63(13-2)64-48-62(126)38-39-69(64)114-83/h30-39,48-49,55,59,68,70-75,79,82,84,125-126H,12-29,40-47,50-54H2,1-11H3,(H,112,124)(H,113,132)(H,115,131)(H,116,133)(H,117,135)(H,118,134)(H,119,129)(H,140,141)(H4,104,105,109)(H4,106,107,110)(H3,108,111,143)/t59-,68-,70+,71+,72+,73+,74+,75+,79?,82+,84-,103+/m1/s1. The van der Waals surface area contributed by atoms with Gasteiger partial charge in [0.1, 0.15) is 61.0 Å². The van der Waals surface area contributed by atoms with E-state index in [4.69, 9.17) is 52.0 Å². The number of carbonyl (C=O) groups excluding carboxylic acids is 17. The van der Waals surface area contributed by atoms with Crippen molar-refractivity contribution < 1.29 is 121 Å². The molecule has 0 radical (unpaired) electrons. The van der Waals surface area contributed by atoms with E-state index in [0.29, 0.717) is 65.5 Å². The summed E-state index contributed by atoms with van der Waals surface area (Å²) in [6.07, 6.45) is -1.64. The Labute approximate surface area is 871 Å². The van der Waals surface area contributed by atoms with Gasteiger partial charge in [-0.05, 0) is 193 Å². The lowest BCUT2D eigenvalue weighted by Crippen LogP contribution is -2.61. The molecule has 3 fully saturated rings. The Hall–Kier alpha value is -14.8. The Kier molecular flexibility index (Phi) is 41.3. The predicted molar refractivity (Wildman–Crippen MR) is 548 cm³/mol. The van der Waals surface area contributed by atoms with E-state index in [1.807, 2.05) is 6.92 Å². The first-order valence-corrected chi connectivity index (χ1v) is 51.6. The number of aliphatic carboxylic acids is 1. The molecule has 46 nitrogen and oxygen atoms in total. The quantitative estimate of drug-likeness (QED) is 0.00423. The summed E-state index contributed by atoms with van der Waals surface area (Å²) in [6, 6.07) is 7.19. The largest absolute Gasteiger partial charge is 0.520 e. The summed E-state index contributed by atoms with van der Waals surface area (Å²) in [7, 11) is 0. The first-order valence-electron chi connectivity index (χ1n) is 50.7. The van der Waals surface area contributed by atoms with Crippen LogP contribution in [0.5, 0.6) is 11.5 Å². The summed E-state index contributed by atoms with van der Waals surface area (Å²) >= 11 is 0.993. The van der Waals surface area contributed by atoms with Gasteiger partial charge in [0.2, 0.25) is 70.6 Å². The Morgan fingerprint density at radius 3 is 1.81 bits per heavy atom. The van der Waals surface area contributed by atoms with Gasteiger partial charge in [-0.3, -0.25) is 87.6 Å². The van der Waals surface area contributed by atoms with E-state index in [2.05, 4.69) is 53.2 Å². The Balaban J connectivity index is 0.691. The lowest BCUT2D eigenvalue weighted by molar-refractivity contribution is -0.175. The molecule has 0 bridgehead atoms. The number of phenols is 2. The van der Waals surface area contributed by atoms with E-state index >= 15 is 4.79 Å². The molecular formula is C103H140N20O26S. The number of likely N-dealkylation sites (tertiary alicyclic amines) is 3. The zero-order valence-electron chi connectivity index (χ0n) is 86.4. The second kappa shape index (κ2) is 52.9. The number of aryl methyl sites for hydroxylation is 1. The monoisotopic (exact) mass is 2100 g/mol. The number of ketones is 2. The molecule has 1 unspecified atom stereocenters. The van der Waals surface area contributed by atoms with Crippen molar-refractivity contribution in [1.29, 1.82) is 10.8 Å². The zero-order valence-corrected chi connectivity index (χ0v) is 87.2. The van der Waals surface area contributed by atoms with Gasteiger partial charge in [-0.2, -0.15) is 0 Å². The van der Waals surface area contributed by atoms with Crippen LogP contribution < -0.4 is 75.9 Å². The number of carboxylic acids is 1. The van der Waals surface area contributed by atoms with Crippen molar-refractivity contribution in [2.45, 2.75) is 301 Å². The minimum atomic E-state index is -2.24. The van der Waals surface area contributed by atoms with Gasteiger partial charge in [0.25, 0.3) is 5.56 Å². The van der Waals surface area contributed by atoms with Crippen LogP contribution in [-0.4, -0.2) is 256 Å². The zero-order chi connectivity index (χ0) is 110. The number of unbranched alkanes of at least 4 members (excludes halogenated alkanes) is 2. The molecule has 5 aromatic rings. The molecule has 47 heteroatoms. The first-order chi connectivity index (χ1) is 71.0. The summed E-state index contributed by atoms with van der Waals surface area (Å²) in [6.45, 7) is 17.7. The van der Waals surface area contributed by atoms with Crippen LogP contribution in [0.15, 0.2) is 77.6 Å². The number of hydrogen-bond donors (Lipinski definition) is 18. The summed E-state index contributed by atoms with van der Waals surface area (Å²) in [5, 5.41) is 72.5. The number of pyridine rings is 2. The number of aromatic hydroxyl groups is 2. The number of cyclic esters (lactones) is 1. The van der Waals surface area contributed by atoms with Gasteiger partial charge in [-0.15, -0.1) is 11.8 Å². The molecule has 3 aromatic carbocycles. The van der Waals surface area contributed by atoms with Gasteiger partial charge in [-0.1, -0.05) is 92.5 Å². The highest BCUT2D eigenvalue weighted by atomic mass is 32.2. The minimum absolute atomic E-state index is 0.0170. The second-order valence-corrected chi connectivity index (χ2v) is 42.1. The molecule has 3 saturated heterocycles. The summed E-state index contributed by atoms with van der Waals surface area (Å²) in [5.74, 6) is -14.2. The number of primary amides is 1.